The molecule has 0 radical (unpaired) electrons. The van der Waals surface area contributed by atoms with E-state index < -0.39 is 16.3 Å². The second-order valence-electron chi connectivity index (χ2n) is 16.2. The van der Waals surface area contributed by atoms with Crippen LogP contribution >= 0.6 is 0 Å². The summed E-state index contributed by atoms with van der Waals surface area (Å²) >= 11 is 0. The summed E-state index contributed by atoms with van der Waals surface area (Å²) in [6, 6.07) is 0. The van der Waals surface area contributed by atoms with Gasteiger partial charge in [0, 0.05) is 13.0 Å². The summed E-state index contributed by atoms with van der Waals surface area (Å²) in [6.45, 7) is 10.8. The van der Waals surface area contributed by atoms with E-state index in [-0.39, 0.29) is 12.1 Å². The van der Waals surface area contributed by atoms with Crippen LogP contribution < -0.4 is 4.72 Å². The summed E-state index contributed by atoms with van der Waals surface area (Å²) in [5, 5.41) is 10.7. The molecular weight excluding hydrogens is 697 g/mol. The van der Waals surface area contributed by atoms with Gasteiger partial charge in [-0.2, -0.15) is 0 Å². The van der Waals surface area contributed by atoms with Crippen molar-refractivity contribution in [3.8, 4) is 0 Å². The van der Waals surface area contributed by atoms with Crippen LogP contribution in [0.15, 0.2) is 0 Å². The van der Waals surface area contributed by atoms with E-state index in [1.165, 1.54) is 115 Å². The van der Waals surface area contributed by atoms with Crippen LogP contribution in [0, 0.1) is 0 Å². The maximum Gasteiger partial charge on any atom is 0.305 e. The number of nitrogens with zero attached hydrogens (tertiary/aromatic N) is 1. The number of carbonyl (C=O) groups is 1. The van der Waals surface area contributed by atoms with E-state index in [2.05, 4.69) is 30.4 Å². The predicted octanol–water partition coefficient (Wildman–Crippen LogP) is 12.0. The standard InChI is InChI=1S/C45H92N2O6S/c1-5-8-11-14-19-26-34-43(35-27-20-15-12-9-6-2)53-45(49)37-29-22-18-24-31-40-47(41-33-38-46-54(4,50)51)39-30-23-17-21-28-36-44(48)52-42-32-25-16-13-10-7-3/h43,45-46,49H,5-42H2,1-4H3. The lowest BCUT2D eigenvalue weighted by molar-refractivity contribution is -0.144. The Bertz CT molecular complexity index is 873. The van der Waals surface area contributed by atoms with Gasteiger partial charge in [0.2, 0.25) is 10.0 Å². The van der Waals surface area contributed by atoms with E-state index >= 15 is 0 Å². The Morgan fingerprint density at radius 3 is 1.46 bits per heavy atom. The topological polar surface area (TPSA) is 105 Å². The summed E-state index contributed by atoms with van der Waals surface area (Å²) in [5.74, 6) is -0.0480. The third-order valence-corrected chi connectivity index (χ3v) is 11.4. The lowest BCUT2D eigenvalue weighted by atomic mass is 10.0. The van der Waals surface area contributed by atoms with Crippen LogP contribution in [-0.4, -0.2) is 75.8 Å². The number of ether oxygens (including phenoxy) is 2. The van der Waals surface area contributed by atoms with Crippen LogP contribution in [-0.2, 0) is 24.3 Å². The van der Waals surface area contributed by atoms with E-state index in [0.29, 0.717) is 19.6 Å². The summed E-state index contributed by atoms with van der Waals surface area (Å²) in [5.41, 5.74) is 0. The zero-order chi connectivity index (χ0) is 39.8. The van der Waals surface area contributed by atoms with Crippen LogP contribution in [0.25, 0.3) is 0 Å². The third kappa shape index (κ3) is 40.9. The van der Waals surface area contributed by atoms with Crippen molar-refractivity contribution in [1.82, 2.24) is 9.62 Å². The first-order valence-electron chi connectivity index (χ1n) is 23.4. The molecule has 0 saturated heterocycles. The Morgan fingerprint density at radius 1 is 0.556 bits per heavy atom. The number of sulfonamides is 1. The third-order valence-electron chi connectivity index (χ3n) is 10.7. The maximum atomic E-state index is 12.0. The first-order valence-corrected chi connectivity index (χ1v) is 25.3. The molecule has 0 amide bonds. The molecule has 0 aliphatic carbocycles. The fraction of sp³-hybridized carbons (Fsp3) is 0.978. The highest BCUT2D eigenvalue weighted by Gasteiger charge is 2.15. The quantitative estimate of drug-likeness (QED) is 0.0360. The highest BCUT2D eigenvalue weighted by molar-refractivity contribution is 7.88. The average Bonchev–Trinajstić information content (AvgIpc) is 3.14. The molecule has 0 bridgehead atoms. The molecule has 54 heavy (non-hydrogen) atoms. The number of unbranched alkanes of at least 4 members (excludes halogenated alkanes) is 23. The molecule has 8 nitrogen and oxygen atoms in total. The Balaban J connectivity index is 4.31. The SMILES string of the molecule is CCCCCCCCOC(=O)CCCCCCCN(CCCCCCCC(O)OC(CCCCCCCC)CCCCCCCC)CCCNS(C)(=O)=O. The van der Waals surface area contributed by atoms with E-state index in [1.807, 2.05) is 0 Å². The van der Waals surface area contributed by atoms with Gasteiger partial charge < -0.3 is 19.5 Å². The molecule has 0 aromatic carbocycles. The van der Waals surface area contributed by atoms with Gasteiger partial charge in [0.25, 0.3) is 0 Å². The minimum absolute atomic E-state index is 0.0480. The number of rotatable bonds is 44. The molecule has 0 aliphatic rings. The van der Waals surface area contributed by atoms with Gasteiger partial charge in [-0.05, 0) is 77.4 Å². The molecule has 0 aromatic rings. The predicted molar refractivity (Wildman–Crippen MR) is 231 cm³/mol. The molecule has 0 fully saturated rings. The van der Waals surface area contributed by atoms with Crippen molar-refractivity contribution in [3.05, 3.63) is 0 Å². The Labute approximate surface area is 336 Å². The van der Waals surface area contributed by atoms with E-state index in [4.69, 9.17) is 9.47 Å². The minimum Gasteiger partial charge on any atom is -0.466 e. The van der Waals surface area contributed by atoms with Gasteiger partial charge in [-0.1, -0.05) is 168 Å². The molecule has 0 saturated carbocycles. The summed E-state index contributed by atoms with van der Waals surface area (Å²) in [6.07, 6.45) is 38.6. The van der Waals surface area contributed by atoms with Crippen molar-refractivity contribution in [2.75, 3.05) is 39.0 Å². The summed E-state index contributed by atoms with van der Waals surface area (Å²) in [7, 11) is -3.16. The molecule has 2 N–H and O–H groups in total. The summed E-state index contributed by atoms with van der Waals surface area (Å²) < 4.78 is 37.3. The first kappa shape index (κ1) is 53.3. The molecular formula is C45H92N2O6S. The van der Waals surface area contributed by atoms with Crippen molar-refractivity contribution >= 4 is 16.0 Å². The zero-order valence-corrected chi connectivity index (χ0v) is 37.2. The van der Waals surface area contributed by atoms with Crippen molar-refractivity contribution in [3.63, 3.8) is 0 Å². The first-order chi connectivity index (χ1) is 26.2. The van der Waals surface area contributed by atoms with Gasteiger partial charge in [0.15, 0.2) is 6.29 Å². The normalized spacial score (nSPS) is 12.6. The van der Waals surface area contributed by atoms with Gasteiger partial charge in [-0.3, -0.25) is 4.79 Å². The van der Waals surface area contributed by atoms with Crippen LogP contribution in [0.5, 0.6) is 0 Å². The van der Waals surface area contributed by atoms with Crippen LogP contribution in [0.4, 0.5) is 0 Å². The molecule has 0 aliphatic heterocycles. The molecule has 9 heteroatoms. The number of aliphatic hydroxyl groups is 1. The van der Waals surface area contributed by atoms with Crippen molar-refractivity contribution in [1.29, 1.82) is 0 Å². The largest absolute Gasteiger partial charge is 0.466 e. The molecule has 1 unspecified atom stereocenters. The van der Waals surface area contributed by atoms with Crippen LogP contribution in [0.3, 0.4) is 0 Å². The second kappa shape index (κ2) is 40.5. The number of hydrogen-bond donors (Lipinski definition) is 2. The van der Waals surface area contributed by atoms with Gasteiger partial charge in [0.1, 0.15) is 0 Å². The highest BCUT2D eigenvalue weighted by Crippen LogP contribution is 2.20. The smallest absolute Gasteiger partial charge is 0.305 e. The van der Waals surface area contributed by atoms with Crippen LogP contribution in [0.1, 0.15) is 233 Å². The highest BCUT2D eigenvalue weighted by atomic mass is 32.2. The van der Waals surface area contributed by atoms with Gasteiger partial charge >= 0.3 is 5.97 Å². The zero-order valence-electron chi connectivity index (χ0n) is 36.4. The number of esters is 1. The van der Waals surface area contributed by atoms with Crippen molar-refractivity contribution in [2.24, 2.45) is 0 Å². The van der Waals surface area contributed by atoms with Gasteiger partial charge in [0.05, 0.1) is 19.0 Å². The Morgan fingerprint density at radius 2 is 0.963 bits per heavy atom. The van der Waals surface area contributed by atoms with E-state index in [0.717, 1.165) is 116 Å². The lowest BCUT2D eigenvalue weighted by Gasteiger charge is -2.23. The molecule has 0 spiro atoms. The fourth-order valence-corrected chi connectivity index (χ4v) is 7.75. The second-order valence-corrected chi connectivity index (χ2v) is 18.1. The van der Waals surface area contributed by atoms with E-state index in [1.54, 1.807) is 0 Å². The van der Waals surface area contributed by atoms with Crippen LogP contribution in [0.2, 0.25) is 0 Å². The molecule has 324 valence electrons. The summed E-state index contributed by atoms with van der Waals surface area (Å²) in [4.78, 5) is 14.5. The molecule has 0 aromatic heterocycles. The number of aliphatic hydroxyl groups excluding tert-OH is 1. The lowest BCUT2D eigenvalue weighted by Crippen LogP contribution is -2.31. The van der Waals surface area contributed by atoms with Crippen molar-refractivity contribution < 1.29 is 27.8 Å². The fourth-order valence-electron chi connectivity index (χ4n) is 7.23. The van der Waals surface area contributed by atoms with Crippen molar-refractivity contribution in [2.45, 2.75) is 245 Å². The molecule has 0 rings (SSSR count). The van der Waals surface area contributed by atoms with Gasteiger partial charge in [-0.25, -0.2) is 13.1 Å². The van der Waals surface area contributed by atoms with Gasteiger partial charge in [-0.15, -0.1) is 0 Å². The monoisotopic (exact) mass is 789 g/mol. The molecule has 0 heterocycles. The Kier molecular flexibility index (Phi) is 39.9. The number of carbonyl (C=O) groups excluding carboxylic acids is 1. The minimum atomic E-state index is -3.16. The average molecular weight is 789 g/mol. The Hall–Kier alpha value is -0.740. The number of hydrogen-bond acceptors (Lipinski definition) is 7. The molecule has 1 atom stereocenters. The van der Waals surface area contributed by atoms with E-state index in [9.17, 15) is 18.3 Å². The maximum absolute atomic E-state index is 12.0. The number of nitrogens with one attached hydrogen (secondary N) is 1.